The summed E-state index contributed by atoms with van der Waals surface area (Å²) < 4.78 is 10.9. The Morgan fingerprint density at radius 3 is 2.26 bits per heavy atom. The van der Waals surface area contributed by atoms with E-state index >= 15 is 0 Å². The average Bonchev–Trinajstić information content (AvgIpc) is 3.06. The molecule has 0 saturated carbocycles. The number of hydrogen-bond donors (Lipinski definition) is 1. The van der Waals surface area contributed by atoms with E-state index in [2.05, 4.69) is 31.0 Å². The molecule has 180 valence electrons. The number of methoxy groups -OCH3 is 1. The molecule has 34 heavy (non-hydrogen) atoms. The number of ether oxygens (including phenoxy) is 2. The number of carbonyl (C=O) groups excluding carboxylic acids is 2. The fourth-order valence-electron chi connectivity index (χ4n) is 4.26. The van der Waals surface area contributed by atoms with E-state index in [1.54, 1.807) is 13.2 Å². The molecular formula is C27H33N3O4. The van der Waals surface area contributed by atoms with Crippen LogP contribution in [0.2, 0.25) is 0 Å². The fourth-order valence-corrected chi connectivity index (χ4v) is 4.26. The first-order chi connectivity index (χ1) is 16.3. The lowest BCUT2D eigenvalue weighted by Crippen LogP contribution is -2.43. The lowest BCUT2D eigenvalue weighted by molar-refractivity contribution is -0.137. The van der Waals surface area contributed by atoms with Crippen molar-refractivity contribution in [3.63, 3.8) is 0 Å². The summed E-state index contributed by atoms with van der Waals surface area (Å²) in [6.07, 6.45) is 0. The molecule has 0 aliphatic carbocycles. The molecule has 2 aromatic rings. The molecule has 2 amide bonds. The van der Waals surface area contributed by atoms with Crippen molar-refractivity contribution in [3.05, 3.63) is 65.4 Å². The molecule has 7 nitrogen and oxygen atoms in total. The minimum absolute atomic E-state index is 0.0236. The van der Waals surface area contributed by atoms with E-state index in [0.29, 0.717) is 43.2 Å². The number of amides is 2. The van der Waals surface area contributed by atoms with Crippen molar-refractivity contribution in [1.82, 2.24) is 9.80 Å². The Labute approximate surface area is 201 Å². The molecule has 0 atom stereocenters. The van der Waals surface area contributed by atoms with Gasteiger partial charge in [0.2, 0.25) is 0 Å². The van der Waals surface area contributed by atoms with Gasteiger partial charge in [0.05, 0.1) is 25.9 Å². The van der Waals surface area contributed by atoms with Gasteiger partial charge in [-0.3, -0.25) is 19.4 Å². The van der Waals surface area contributed by atoms with Crippen molar-refractivity contribution in [2.24, 2.45) is 0 Å². The standard InChI is InChI=1S/C27H33N3O4/c1-27(2,3)19-9-11-20(12-10-19)28-24-23(21-7-5-6-8-22(21)33-4)25(31)30(26(24)32)14-13-29-15-17-34-18-16-29/h5-12,28H,13-18H2,1-4H3. The predicted octanol–water partition coefficient (Wildman–Crippen LogP) is 3.52. The molecule has 2 aliphatic heterocycles. The largest absolute Gasteiger partial charge is 0.496 e. The van der Waals surface area contributed by atoms with Crippen LogP contribution in [0, 0.1) is 0 Å². The summed E-state index contributed by atoms with van der Waals surface area (Å²) in [5.41, 5.74) is 3.19. The highest BCUT2D eigenvalue weighted by Gasteiger charge is 2.40. The Morgan fingerprint density at radius 2 is 1.62 bits per heavy atom. The number of benzene rings is 2. The maximum absolute atomic E-state index is 13.6. The van der Waals surface area contributed by atoms with Gasteiger partial charge in [-0.25, -0.2) is 0 Å². The SMILES string of the molecule is COc1ccccc1C1=C(Nc2ccc(C(C)(C)C)cc2)C(=O)N(CCN2CCOCC2)C1=O. The third-order valence-corrected chi connectivity index (χ3v) is 6.31. The molecule has 1 fully saturated rings. The van der Waals surface area contributed by atoms with E-state index in [4.69, 9.17) is 9.47 Å². The van der Waals surface area contributed by atoms with Crippen molar-refractivity contribution < 1.29 is 19.1 Å². The molecule has 2 heterocycles. The maximum atomic E-state index is 13.6. The predicted molar refractivity (Wildman–Crippen MR) is 133 cm³/mol. The Balaban J connectivity index is 1.65. The number of rotatable bonds is 7. The zero-order valence-corrected chi connectivity index (χ0v) is 20.4. The zero-order chi connectivity index (χ0) is 24.3. The van der Waals surface area contributed by atoms with Gasteiger partial charge in [-0.1, -0.05) is 51.1 Å². The van der Waals surface area contributed by atoms with Crippen LogP contribution in [0.25, 0.3) is 5.57 Å². The Bertz CT molecular complexity index is 1080. The second-order valence-electron chi connectivity index (χ2n) is 9.62. The number of hydrogen-bond acceptors (Lipinski definition) is 6. The number of carbonyl (C=O) groups is 2. The summed E-state index contributed by atoms with van der Waals surface area (Å²) in [5.74, 6) is -0.0771. The molecule has 1 saturated heterocycles. The second-order valence-corrected chi connectivity index (χ2v) is 9.62. The van der Waals surface area contributed by atoms with Crippen LogP contribution >= 0.6 is 0 Å². The van der Waals surface area contributed by atoms with Crippen LogP contribution in [0.15, 0.2) is 54.2 Å². The second kappa shape index (κ2) is 9.99. The minimum Gasteiger partial charge on any atom is -0.496 e. The third-order valence-electron chi connectivity index (χ3n) is 6.31. The van der Waals surface area contributed by atoms with Crippen LogP contribution < -0.4 is 10.1 Å². The normalized spacial score (nSPS) is 17.5. The van der Waals surface area contributed by atoms with Crippen molar-refractivity contribution in [3.8, 4) is 5.75 Å². The van der Waals surface area contributed by atoms with E-state index in [1.165, 1.54) is 10.5 Å². The van der Waals surface area contributed by atoms with Crippen LogP contribution in [0.1, 0.15) is 31.9 Å². The van der Waals surface area contributed by atoms with Gasteiger partial charge in [0, 0.05) is 37.4 Å². The highest BCUT2D eigenvalue weighted by atomic mass is 16.5. The van der Waals surface area contributed by atoms with Crippen molar-refractivity contribution >= 4 is 23.1 Å². The quantitative estimate of drug-likeness (QED) is 0.634. The molecule has 0 unspecified atom stereocenters. The lowest BCUT2D eigenvalue weighted by Gasteiger charge is -2.28. The van der Waals surface area contributed by atoms with Crippen LogP contribution in [0.4, 0.5) is 5.69 Å². The van der Waals surface area contributed by atoms with E-state index in [9.17, 15) is 9.59 Å². The fraction of sp³-hybridized carbons (Fsp3) is 0.407. The molecule has 4 rings (SSSR count). The van der Waals surface area contributed by atoms with Crippen molar-refractivity contribution in [1.29, 1.82) is 0 Å². The van der Waals surface area contributed by atoms with Crippen LogP contribution in [-0.2, 0) is 19.7 Å². The van der Waals surface area contributed by atoms with Crippen LogP contribution in [0.3, 0.4) is 0 Å². The number of morpholine rings is 1. The van der Waals surface area contributed by atoms with Gasteiger partial charge in [-0.15, -0.1) is 0 Å². The monoisotopic (exact) mass is 463 g/mol. The molecule has 0 spiro atoms. The highest BCUT2D eigenvalue weighted by molar-refractivity contribution is 6.37. The van der Waals surface area contributed by atoms with Gasteiger partial charge in [-0.2, -0.15) is 0 Å². The number of imide groups is 1. The zero-order valence-electron chi connectivity index (χ0n) is 20.4. The molecule has 0 radical (unpaired) electrons. The molecule has 7 heteroatoms. The van der Waals surface area contributed by atoms with Crippen molar-refractivity contribution in [2.75, 3.05) is 51.8 Å². The highest BCUT2D eigenvalue weighted by Crippen LogP contribution is 2.35. The summed E-state index contributed by atoms with van der Waals surface area (Å²) in [6, 6.07) is 15.3. The first kappa shape index (κ1) is 24.0. The van der Waals surface area contributed by atoms with E-state index in [0.717, 1.165) is 18.8 Å². The molecule has 2 aromatic carbocycles. The number of para-hydroxylation sites is 1. The van der Waals surface area contributed by atoms with Gasteiger partial charge >= 0.3 is 0 Å². The number of nitrogens with one attached hydrogen (secondary N) is 1. The molecule has 0 aromatic heterocycles. The summed E-state index contributed by atoms with van der Waals surface area (Å²) in [6.45, 7) is 10.4. The van der Waals surface area contributed by atoms with Gasteiger partial charge in [-0.05, 0) is 29.2 Å². The Kier molecular flexibility index (Phi) is 7.05. The lowest BCUT2D eigenvalue weighted by atomic mass is 9.87. The number of nitrogens with zero attached hydrogens (tertiary/aromatic N) is 2. The third kappa shape index (κ3) is 5.00. The van der Waals surface area contributed by atoms with Crippen molar-refractivity contribution in [2.45, 2.75) is 26.2 Å². The topological polar surface area (TPSA) is 71.1 Å². The van der Waals surface area contributed by atoms with Gasteiger partial charge < -0.3 is 14.8 Å². The van der Waals surface area contributed by atoms with Gasteiger partial charge in [0.15, 0.2) is 0 Å². The van der Waals surface area contributed by atoms with Gasteiger partial charge in [0.1, 0.15) is 11.4 Å². The Hall–Kier alpha value is -3.16. The summed E-state index contributed by atoms with van der Waals surface area (Å²) in [4.78, 5) is 30.6. The average molecular weight is 464 g/mol. The van der Waals surface area contributed by atoms with Crippen LogP contribution in [0.5, 0.6) is 5.75 Å². The van der Waals surface area contributed by atoms with E-state index in [1.807, 2.05) is 42.5 Å². The first-order valence-corrected chi connectivity index (χ1v) is 11.7. The molecule has 2 aliphatic rings. The summed E-state index contributed by atoms with van der Waals surface area (Å²) in [5, 5.41) is 3.25. The summed E-state index contributed by atoms with van der Waals surface area (Å²) in [7, 11) is 1.56. The smallest absolute Gasteiger partial charge is 0.278 e. The summed E-state index contributed by atoms with van der Waals surface area (Å²) >= 11 is 0. The molecule has 0 bridgehead atoms. The molecular weight excluding hydrogens is 430 g/mol. The van der Waals surface area contributed by atoms with Crippen LogP contribution in [-0.4, -0.2) is 68.1 Å². The Morgan fingerprint density at radius 1 is 0.941 bits per heavy atom. The molecule has 1 N–H and O–H groups in total. The minimum atomic E-state index is -0.320. The van der Waals surface area contributed by atoms with Gasteiger partial charge in [0.25, 0.3) is 11.8 Å². The first-order valence-electron chi connectivity index (χ1n) is 11.7. The van der Waals surface area contributed by atoms with E-state index < -0.39 is 0 Å². The maximum Gasteiger partial charge on any atom is 0.278 e. The number of anilines is 1. The van der Waals surface area contributed by atoms with E-state index in [-0.39, 0.29) is 22.9 Å².